The van der Waals surface area contributed by atoms with Gasteiger partial charge in [-0.1, -0.05) is 0 Å². The largest absolute Gasteiger partial charge is 0.298 e. The van der Waals surface area contributed by atoms with Crippen molar-refractivity contribution in [3.05, 3.63) is 28.5 Å². The molecular weight excluding hydrogens is 196 g/mol. The Kier molecular flexibility index (Phi) is 2.80. The lowest BCUT2D eigenvalue weighted by Crippen LogP contribution is -2.00. The van der Waals surface area contributed by atoms with Gasteiger partial charge in [0.25, 0.3) is 0 Å². The van der Waals surface area contributed by atoms with Crippen molar-refractivity contribution in [3.8, 4) is 0 Å². The molecule has 2 N–H and O–H groups in total. The smallest absolute Gasteiger partial charge is 0.110 e. The molecule has 54 valence electrons. The summed E-state index contributed by atoms with van der Waals surface area (Å²) in [4.78, 5) is 8.41. The van der Waals surface area contributed by atoms with Crippen molar-refractivity contribution in [1.82, 2.24) is 4.98 Å². The fraction of sp³-hybridized carbons (Fsp3) is 0.167. The molecule has 0 radical (unpaired) electrons. The van der Waals surface area contributed by atoms with Crippen molar-refractivity contribution in [2.75, 3.05) is 0 Å². The van der Waals surface area contributed by atoms with Crippen LogP contribution in [0.1, 0.15) is 5.69 Å². The van der Waals surface area contributed by atoms with Crippen LogP contribution in [0.15, 0.2) is 22.8 Å². The summed E-state index contributed by atoms with van der Waals surface area (Å²) in [5.41, 5.74) is 0.825. The maximum absolute atomic E-state index is 4.85. The van der Waals surface area contributed by atoms with Crippen LogP contribution in [0.2, 0.25) is 0 Å². The average Bonchev–Trinajstić information content (AvgIpc) is 1.95. The summed E-state index contributed by atoms with van der Waals surface area (Å²) in [6, 6.07) is 3.73. The maximum atomic E-state index is 4.85. The third kappa shape index (κ3) is 2.06. The minimum absolute atomic E-state index is 0.354. The molecule has 4 heteroatoms. The molecule has 1 aromatic rings. The van der Waals surface area contributed by atoms with Gasteiger partial charge in [-0.2, -0.15) is 0 Å². The van der Waals surface area contributed by atoms with Gasteiger partial charge in [-0.15, -0.1) is 0 Å². The van der Waals surface area contributed by atoms with E-state index in [1.807, 2.05) is 12.1 Å². The second-order valence-electron chi connectivity index (χ2n) is 1.78. The Hall–Kier alpha value is -0.450. The van der Waals surface area contributed by atoms with Crippen LogP contribution in [0.5, 0.6) is 0 Å². The van der Waals surface area contributed by atoms with Gasteiger partial charge in [-0.05, 0) is 28.1 Å². The number of aromatic nitrogens is 1. The highest BCUT2D eigenvalue weighted by molar-refractivity contribution is 9.10. The second-order valence-corrected chi connectivity index (χ2v) is 2.69. The van der Waals surface area contributed by atoms with Gasteiger partial charge in [0.1, 0.15) is 6.61 Å². The summed E-state index contributed by atoms with van der Waals surface area (Å²) >= 11 is 3.26. The number of rotatable bonds is 2. The molecule has 0 aromatic carbocycles. The SMILES string of the molecule is NOCc1ccc(Br)cn1. The quantitative estimate of drug-likeness (QED) is 0.735. The minimum Gasteiger partial charge on any atom is -0.298 e. The molecule has 0 aliphatic rings. The van der Waals surface area contributed by atoms with E-state index in [9.17, 15) is 0 Å². The summed E-state index contributed by atoms with van der Waals surface area (Å²) in [5, 5.41) is 0. The summed E-state index contributed by atoms with van der Waals surface area (Å²) in [6.07, 6.45) is 1.70. The van der Waals surface area contributed by atoms with Crippen molar-refractivity contribution < 1.29 is 4.84 Å². The highest BCUT2D eigenvalue weighted by Crippen LogP contribution is 2.07. The van der Waals surface area contributed by atoms with E-state index >= 15 is 0 Å². The zero-order valence-corrected chi connectivity index (χ0v) is 6.84. The van der Waals surface area contributed by atoms with Gasteiger partial charge in [0.05, 0.1) is 5.69 Å². The normalized spacial score (nSPS) is 9.80. The molecule has 0 saturated heterocycles. The van der Waals surface area contributed by atoms with E-state index < -0.39 is 0 Å². The second kappa shape index (κ2) is 3.65. The van der Waals surface area contributed by atoms with Gasteiger partial charge in [0.2, 0.25) is 0 Å². The summed E-state index contributed by atoms with van der Waals surface area (Å²) in [6.45, 7) is 0.354. The summed E-state index contributed by atoms with van der Waals surface area (Å²) < 4.78 is 0.952. The molecule has 0 saturated carbocycles. The Morgan fingerprint density at radius 1 is 1.60 bits per heavy atom. The van der Waals surface area contributed by atoms with Gasteiger partial charge in [-0.3, -0.25) is 9.82 Å². The molecule has 0 aliphatic carbocycles. The van der Waals surface area contributed by atoms with Crippen molar-refractivity contribution >= 4 is 15.9 Å². The fourth-order valence-electron chi connectivity index (χ4n) is 0.577. The molecule has 1 heterocycles. The number of pyridine rings is 1. The fourth-order valence-corrected chi connectivity index (χ4v) is 0.812. The molecule has 0 atom stereocenters. The van der Waals surface area contributed by atoms with E-state index in [1.54, 1.807) is 6.20 Å². The van der Waals surface area contributed by atoms with Crippen molar-refractivity contribution in [2.45, 2.75) is 6.61 Å². The van der Waals surface area contributed by atoms with Crippen molar-refractivity contribution in [1.29, 1.82) is 0 Å². The number of hydrogen-bond acceptors (Lipinski definition) is 3. The third-order valence-electron chi connectivity index (χ3n) is 1.02. The topological polar surface area (TPSA) is 48.1 Å². The summed E-state index contributed by atoms with van der Waals surface area (Å²) in [7, 11) is 0. The Morgan fingerprint density at radius 3 is 2.90 bits per heavy atom. The molecule has 0 amide bonds. The van der Waals surface area contributed by atoms with Crippen LogP contribution in [0, 0.1) is 0 Å². The van der Waals surface area contributed by atoms with Gasteiger partial charge in [-0.25, -0.2) is 5.90 Å². The number of hydrogen-bond donors (Lipinski definition) is 1. The molecule has 1 aromatic heterocycles. The van der Waals surface area contributed by atoms with Crippen LogP contribution in [-0.4, -0.2) is 4.98 Å². The molecule has 0 unspecified atom stereocenters. The van der Waals surface area contributed by atoms with Crippen LogP contribution in [-0.2, 0) is 11.4 Å². The Morgan fingerprint density at radius 2 is 2.40 bits per heavy atom. The number of halogens is 1. The molecule has 10 heavy (non-hydrogen) atoms. The zero-order valence-electron chi connectivity index (χ0n) is 5.25. The lowest BCUT2D eigenvalue weighted by atomic mass is 10.4. The first-order valence-electron chi connectivity index (χ1n) is 2.75. The predicted molar refractivity (Wildman–Crippen MR) is 40.9 cm³/mol. The lowest BCUT2D eigenvalue weighted by Gasteiger charge is -1.95. The summed E-state index contributed by atoms with van der Waals surface area (Å²) in [5.74, 6) is 4.85. The highest BCUT2D eigenvalue weighted by Gasteiger charge is 1.91. The van der Waals surface area contributed by atoms with Gasteiger partial charge in [0, 0.05) is 10.7 Å². The number of nitrogens with zero attached hydrogens (tertiary/aromatic N) is 1. The highest BCUT2D eigenvalue weighted by atomic mass is 79.9. The van der Waals surface area contributed by atoms with Crippen molar-refractivity contribution in [3.63, 3.8) is 0 Å². The van der Waals surface area contributed by atoms with E-state index in [4.69, 9.17) is 5.90 Å². The first-order valence-corrected chi connectivity index (χ1v) is 3.54. The van der Waals surface area contributed by atoms with Crippen molar-refractivity contribution in [2.24, 2.45) is 5.90 Å². The van der Waals surface area contributed by atoms with E-state index in [0.29, 0.717) is 6.61 Å². The van der Waals surface area contributed by atoms with E-state index in [0.717, 1.165) is 10.2 Å². The molecule has 0 spiro atoms. The van der Waals surface area contributed by atoms with Gasteiger partial charge < -0.3 is 0 Å². The van der Waals surface area contributed by atoms with E-state index in [-0.39, 0.29) is 0 Å². The standard InChI is InChI=1S/C6H7BrN2O/c7-5-1-2-6(4-10-8)9-3-5/h1-3H,4,8H2. The molecule has 3 nitrogen and oxygen atoms in total. The maximum Gasteiger partial charge on any atom is 0.110 e. The number of nitrogens with two attached hydrogens (primary N) is 1. The lowest BCUT2D eigenvalue weighted by molar-refractivity contribution is 0.121. The molecule has 0 fully saturated rings. The van der Waals surface area contributed by atoms with E-state index in [1.165, 1.54) is 0 Å². The first-order chi connectivity index (χ1) is 4.83. The monoisotopic (exact) mass is 202 g/mol. The Labute approximate surface area is 67.3 Å². The van der Waals surface area contributed by atoms with Gasteiger partial charge >= 0.3 is 0 Å². The van der Waals surface area contributed by atoms with Crippen LogP contribution in [0.3, 0.4) is 0 Å². The van der Waals surface area contributed by atoms with Crippen LogP contribution >= 0.6 is 15.9 Å². The molecular formula is C6H7BrN2O. The third-order valence-corrected chi connectivity index (χ3v) is 1.49. The Bertz CT molecular complexity index is 199. The van der Waals surface area contributed by atoms with Crippen LogP contribution in [0.25, 0.3) is 0 Å². The van der Waals surface area contributed by atoms with Gasteiger partial charge in [0.15, 0.2) is 0 Å². The Balaban J connectivity index is 2.69. The molecule has 0 aliphatic heterocycles. The predicted octanol–water partition coefficient (Wildman–Crippen LogP) is 1.23. The first kappa shape index (κ1) is 7.65. The van der Waals surface area contributed by atoms with E-state index in [2.05, 4.69) is 25.8 Å². The average molecular weight is 203 g/mol. The zero-order chi connectivity index (χ0) is 7.40. The minimum atomic E-state index is 0.354. The molecule has 0 bridgehead atoms. The van der Waals surface area contributed by atoms with Crippen LogP contribution in [0.4, 0.5) is 0 Å². The molecule has 1 rings (SSSR count). The van der Waals surface area contributed by atoms with Crippen LogP contribution < -0.4 is 5.90 Å².